The molecule has 0 radical (unpaired) electrons. The Balaban J connectivity index is 0.000000169. The fourth-order valence-electron chi connectivity index (χ4n) is 3.13. The molecule has 1 aliphatic heterocycles. The van der Waals surface area contributed by atoms with Crippen molar-refractivity contribution in [2.75, 3.05) is 25.0 Å². The van der Waals surface area contributed by atoms with E-state index < -0.39 is 0 Å². The van der Waals surface area contributed by atoms with Crippen molar-refractivity contribution >= 4 is 40.3 Å². The van der Waals surface area contributed by atoms with Gasteiger partial charge in [0.2, 0.25) is 5.95 Å². The lowest BCUT2D eigenvalue weighted by atomic mass is 10.1. The van der Waals surface area contributed by atoms with Crippen LogP contribution in [0, 0.1) is 11.3 Å². The third kappa shape index (κ3) is 5.35. The molecule has 1 fully saturated rings. The highest BCUT2D eigenvalue weighted by molar-refractivity contribution is 6.30. The number of hydrogen-bond acceptors (Lipinski definition) is 5. The number of halogens is 2. The molecule has 0 aliphatic carbocycles. The van der Waals surface area contributed by atoms with Crippen molar-refractivity contribution in [2.45, 2.75) is 25.8 Å². The Bertz CT molecular complexity index is 972. The lowest BCUT2D eigenvalue weighted by Gasteiger charge is -2.25. The summed E-state index contributed by atoms with van der Waals surface area (Å²) in [7, 11) is 1.85. The zero-order valence-corrected chi connectivity index (χ0v) is 17.2. The minimum atomic E-state index is 0.490. The van der Waals surface area contributed by atoms with Crippen LogP contribution in [0.4, 0.5) is 5.95 Å². The summed E-state index contributed by atoms with van der Waals surface area (Å²) in [6.07, 6.45) is 3.80. The highest BCUT2D eigenvalue weighted by Gasteiger charge is 2.14. The van der Waals surface area contributed by atoms with Crippen LogP contribution in [0.5, 0.6) is 0 Å². The zero-order valence-electron chi connectivity index (χ0n) is 15.7. The molecule has 0 unspecified atom stereocenters. The first-order valence-corrected chi connectivity index (χ1v) is 9.96. The average Bonchev–Trinajstić information content (AvgIpc) is 3.12. The topological polar surface area (TPSA) is 80.6 Å². The number of fused-ring (bicyclic) bond motifs is 1. The normalized spacial score (nSPS) is 13.7. The van der Waals surface area contributed by atoms with E-state index in [0.717, 1.165) is 36.7 Å². The van der Waals surface area contributed by atoms with Gasteiger partial charge in [0, 0.05) is 24.7 Å². The summed E-state index contributed by atoms with van der Waals surface area (Å²) in [6.45, 7) is 2.89. The molecule has 0 amide bonds. The second-order valence-electron chi connectivity index (χ2n) is 6.60. The number of hydrogen-bond donors (Lipinski definition) is 2. The first-order valence-electron chi connectivity index (χ1n) is 9.20. The number of nitrogens with one attached hydrogen (secondary N) is 2. The second kappa shape index (κ2) is 9.74. The molecule has 2 N–H and O–H groups in total. The van der Waals surface area contributed by atoms with Gasteiger partial charge in [-0.3, -0.25) is 0 Å². The van der Waals surface area contributed by atoms with Crippen LogP contribution in [0.25, 0.3) is 11.2 Å². The van der Waals surface area contributed by atoms with Crippen LogP contribution < -0.4 is 10.2 Å². The maximum absolute atomic E-state index is 8.63. The van der Waals surface area contributed by atoms with Crippen LogP contribution in [0.2, 0.25) is 10.2 Å². The Morgan fingerprint density at radius 2 is 1.93 bits per heavy atom. The van der Waals surface area contributed by atoms with E-state index in [1.165, 1.54) is 19.3 Å². The molecule has 3 heterocycles. The van der Waals surface area contributed by atoms with Crippen LogP contribution in [-0.2, 0) is 6.54 Å². The monoisotopic (exact) mass is 416 g/mol. The maximum Gasteiger partial charge on any atom is 0.205 e. The summed E-state index contributed by atoms with van der Waals surface area (Å²) >= 11 is 11.6. The standard InChI is InChI=1S/C11H13ClN4.C9H9ClN2/c12-9-5-4-8-10(14-9)15-11(13-8)16-6-2-1-3-7-16;1-12-6-8-2-7(5-11)3-9(10)4-8/h4-5H,1-3,6-7H2,(H,13,14,15);2-4,12H,6H2,1H3. The molecule has 4 rings (SSSR count). The minimum absolute atomic E-state index is 0.490. The molecule has 0 spiro atoms. The smallest absolute Gasteiger partial charge is 0.205 e. The molecule has 8 heteroatoms. The van der Waals surface area contributed by atoms with Crippen LogP contribution in [0.1, 0.15) is 30.4 Å². The third-order valence-electron chi connectivity index (χ3n) is 4.42. The lowest BCUT2D eigenvalue weighted by Crippen LogP contribution is -2.30. The molecule has 0 saturated carbocycles. The predicted octanol–water partition coefficient (Wildman–Crippen LogP) is 4.53. The molecule has 0 bridgehead atoms. The predicted molar refractivity (Wildman–Crippen MR) is 114 cm³/mol. The number of H-pyrrole nitrogens is 1. The summed E-state index contributed by atoms with van der Waals surface area (Å²) < 4.78 is 0. The molecular formula is C20H22Cl2N6. The number of piperidine rings is 1. The van der Waals surface area contributed by atoms with Crippen molar-refractivity contribution in [1.29, 1.82) is 5.26 Å². The Hall–Kier alpha value is -2.33. The van der Waals surface area contributed by atoms with Crippen LogP contribution >= 0.6 is 23.2 Å². The van der Waals surface area contributed by atoms with E-state index in [1.807, 2.05) is 25.2 Å². The zero-order chi connectivity index (χ0) is 19.9. The minimum Gasteiger partial charge on any atom is -0.342 e. The van der Waals surface area contributed by atoms with E-state index >= 15 is 0 Å². The lowest BCUT2D eigenvalue weighted by molar-refractivity contribution is 0.570. The molecule has 1 aromatic carbocycles. The van der Waals surface area contributed by atoms with Crippen molar-refractivity contribution in [3.63, 3.8) is 0 Å². The fourth-order valence-corrected chi connectivity index (χ4v) is 3.53. The molecule has 0 atom stereocenters. The van der Waals surface area contributed by atoms with Crippen LogP contribution in [0.15, 0.2) is 30.3 Å². The van der Waals surface area contributed by atoms with Crippen molar-refractivity contribution in [2.24, 2.45) is 0 Å². The summed E-state index contributed by atoms with van der Waals surface area (Å²) in [5.74, 6) is 0.921. The molecule has 2 aromatic heterocycles. The van der Waals surface area contributed by atoms with E-state index in [4.69, 9.17) is 28.5 Å². The van der Waals surface area contributed by atoms with E-state index in [9.17, 15) is 0 Å². The molecule has 28 heavy (non-hydrogen) atoms. The van der Waals surface area contributed by atoms with E-state index in [2.05, 4.69) is 31.2 Å². The van der Waals surface area contributed by atoms with Gasteiger partial charge >= 0.3 is 0 Å². The summed E-state index contributed by atoms with van der Waals surface area (Å²) in [6, 6.07) is 11.1. The summed E-state index contributed by atoms with van der Waals surface area (Å²) in [5, 5.41) is 12.7. The van der Waals surface area contributed by atoms with Gasteiger partial charge in [0.25, 0.3) is 0 Å². The number of pyridine rings is 1. The quantitative estimate of drug-likeness (QED) is 0.612. The molecule has 1 aliphatic rings. The SMILES string of the molecule is CNCc1cc(Cl)cc(C#N)c1.Clc1ccc2[nH]c(N3CCCCC3)nc2n1. The first-order chi connectivity index (χ1) is 13.6. The van der Waals surface area contributed by atoms with Gasteiger partial charge in [-0.15, -0.1) is 0 Å². The van der Waals surface area contributed by atoms with E-state index in [1.54, 1.807) is 12.1 Å². The van der Waals surface area contributed by atoms with E-state index in [-0.39, 0.29) is 0 Å². The van der Waals surface area contributed by atoms with Gasteiger partial charge in [0.05, 0.1) is 17.1 Å². The average molecular weight is 417 g/mol. The Labute approximate surface area is 174 Å². The molecular weight excluding hydrogens is 395 g/mol. The maximum atomic E-state index is 8.63. The highest BCUT2D eigenvalue weighted by atomic mass is 35.5. The van der Waals surface area contributed by atoms with Crippen molar-refractivity contribution in [1.82, 2.24) is 20.3 Å². The van der Waals surface area contributed by atoms with Crippen molar-refractivity contribution in [3.05, 3.63) is 51.6 Å². The number of rotatable bonds is 3. The van der Waals surface area contributed by atoms with Crippen LogP contribution in [0.3, 0.4) is 0 Å². The second-order valence-corrected chi connectivity index (χ2v) is 7.43. The molecule has 6 nitrogen and oxygen atoms in total. The van der Waals surface area contributed by atoms with Gasteiger partial charge < -0.3 is 15.2 Å². The van der Waals surface area contributed by atoms with Gasteiger partial charge in [-0.1, -0.05) is 23.2 Å². The number of aromatic nitrogens is 3. The Kier molecular flexibility index (Phi) is 7.10. The number of benzene rings is 1. The molecule has 3 aromatic rings. The van der Waals surface area contributed by atoms with Gasteiger partial charge in [0.1, 0.15) is 5.15 Å². The fraction of sp³-hybridized carbons (Fsp3) is 0.350. The highest BCUT2D eigenvalue weighted by Crippen LogP contribution is 2.20. The van der Waals surface area contributed by atoms with Gasteiger partial charge in [0.15, 0.2) is 5.65 Å². The summed E-state index contributed by atoms with van der Waals surface area (Å²) in [5.41, 5.74) is 3.28. The number of imidazole rings is 1. The van der Waals surface area contributed by atoms with Crippen molar-refractivity contribution < 1.29 is 0 Å². The Morgan fingerprint density at radius 1 is 1.14 bits per heavy atom. The van der Waals surface area contributed by atoms with Gasteiger partial charge in [-0.25, -0.2) is 4.98 Å². The number of anilines is 1. The van der Waals surface area contributed by atoms with Crippen molar-refractivity contribution in [3.8, 4) is 6.07 Å². The van der Waals surface area contributed by atoms with Crippen LogP contribution in [-0.4, -0.2) is 35.1 Å². The van der Waals surface area contributed by atoms with Gasteiger partial charge in [-0.05, 0) is 62.2 Å². The third-order valence-corrected chi connectivity index (χ3v) is 4.85. The Morgan fingerprint density at radius 3 is 2.64 bits per heavy atom. The largest absolute Gasteiger partial charge is 0.342 e. The van der Waals surface area contributed by atoms with Gasteiger partial charge in [-0.2, -0.15) is 10.2 Å². The number of nitriles is 1. The number of nitrogens with zero attached hydrogens (tertiary/aromatic N) is 4. The summed E-state index contributed by atoms with van der Waals surface area (Å²) in [4.78, 5) is 14.2. The number of aromatic amines is 1. The molecule has 1 saturated heterocycles. The van der Waals surface area contributed by atoms with E-state index in [0.29, 0.717) is 21.4 Å². The molecule has 146 valence electrons. The first kappa shape index (κ1) is 20.4.